The Bertz CT molecular complexity index is 1770. The number of ether oxygens (including phenoxy) is 1. The van der Waals surface area contributed by atoms with Crippen molar-refractivity contribution >= 4 is 34.4 Å². The minimum Gasteiger partial charge on any atom is -0.478 e. The summed E-state index contributed by atoms with van der Waals surface area (Å²) in [5.41, 5.74) is 6.43. The predicted molar refractivity (Wildman–Crippen MR) is 167 cm³/mol. The number of carbonyl (C=O) groups excluding carboxylic acids is 1. The summed E-state index contributed by atoms with van der Waals surface area (Å²) in [5.74, 6) is -0.118. The third-order valence-corrected chi connectivity index (χ3v) is 8.09. The molecule has 0 spiro atoms. The maximum atomic E-state index is 13.1. The van der Waals surface area contributed by atoms with E-state index in [2.05, 4.69) is 33.4 Å². The van der Waals surface area contributed by atoms with Crippen molar-refractivity contribution in [3.05, 3.63) is 113 Å². The van der Waals surface area contributed by atoms with E-state index in [9.17, 15) is 14.7 Å². The Hall–Kier alpha value is -4.95. The maximum absolute atomic E-state index is 13.1. The van der Waals surface area contributed by atoms with Crippen LogP contribution in [0.5, 0.6) is 0 Å². The third kappa shape index (κ3) is 6.15. The lowest BCUT2D eigenvalue weighted by Crippen LogP contribution is -2.37. The molecule has 1 saturated heterocycles. The van der Waals surface area contributed by atoms with Gasteiger partial charge in [-0.1, -0.05) is 42.5 Å². The molecule has 3 aromatic carbocycles. The monoisotopic (exact) mass is 575 g/mol. The number of carbonyl (C=O) groups is 2. The van der Waals surface area contributed by atoms with Crippen LogP contribution in [0.1, 0.15) is 50.4 Å². The van der Waals surface area contributed by atoms with Crippen LogP contribution in [-0.4, -0.2) is 41.2 Å². The summed E-state index contributed by atoms with van der Waals surface area (Å²) in [4.78, 5) is 31.2. The number of rotatable bonds is 8. The van der Waals surface area contributed by atoms with E-state index in [0.717, 1.165) is 65.0 Å². The topological polar surface area (TPSA) is 105 Å². The molecule has 0 atom stereocenters. The van der Waals surface area contributed by atoms with Gasteiger partial charge in [0.15, 0.2) is 5.76 Å². The largest absolute Gasteiger partial charge is 0.478 e. The highest BCUT2D eigenvalue weighted by molar-refractivity contribution is 6.06. The molecule has 0 aliphatic carbocycles. The van der Waals surface area contributed by atoms with Crippen LogP contribution < -0.4 is 10.2 Å². The van der Waals surface area contributed by atoms with Gasteiger partial charge in [-0.25, -0.2) is 9.78 Å². The number of benzene rings is 3. The molecule has 2 N–H and O–H groups in total. The average molecular weight is 576 g/mol. The number of hydrogen-bond donors (Lipinski definition) is 2. The van der Waals surface area contributed by atoms with Gasteiger partial charge in [0, 0.05) is 24.0 Å². The normalized spacial score (nSPS) is 13.8. The minimum atomic E-state index is -0.935. The summed E-state index contributed by atoms with van der Waals surface area (Å²) >= 11 is 0. The fraction of sp³-hybridized carbons (Fsp3) is 0.229. The molecule has 1 aliphatic rings. The maximum Gasteiger partial charge on any atom is 0.335 e. The van der Waals surface area contributed by atoms with Gasteiger partial charge in [0.25, 0.3) is 5.91 Å². The molecule has 0 saturated carbocycles. The number of carboxylic acids is 1. The first-order valence-corrected chi connectivity index (χ1v) is 14.4. The summed E-state index contributed by atoms with van der Waals surface area (Å²) in [6.07, 6.45) is 3.45. The van der Waals surface area contributed by atoms with Gasteiger partial charge in [0.1, 0.15) is 11.4 Å². The van der Waals surface area contributed by atoms with Crippen molar-refractivity contribution in [2.24, 2.45) is 0 Å². The van der Waals surface area contributed by atoms with Crippen LogP contribution in [0.15, 0.2) is 89.5 Å². The lowest BCUT2D eigenvalue weighted by Gasteiger charge is -2.33. The number of aromatic carboxylic acids is 1. The van der Waals surface area contributed by atoms with Crippen molar-refractivity contribution in [1.82, 2.24) is 4.98 Å². The smallest absolute Gasteiger partial charge is 0.335 e. The van der Waals surface area contributed by atoms with Crippen LogP contribution in [0.2, 0.25) is 0 Å². The molecule has 6 rings (SSSR count). The first kappa shape index (κ1) is 28.2. The minimum absolute atomic E-state index is 0.0958. The van der Waals surface area contributed by atoms with Crippen molar-refractivity contribution in [1.29, 1.82) is 0 Å². The van der Waals surface area contributed by atoms with Crippen LogP contribution in [-0.2, 0) is 11.3 Å². The highest BCUT2D eigenvalue weighted by atomic mass is 16.5. The first-order valence-electron chi connectivity index (χ1n) is 14.4. The van der Waals surface area contributed by atoms with E-state index in [4.69, 9.17) is 9.15 Å². The molecule has 2 aromatic heterocycles. The number of hydrogen-bond acceptors (Lipinski definition) is 6. The van der Waals surface area contributed by atoms with Gasteiger partial charge in [-0.05, 0) is 85.3 Å². The molecule has 8 heteroatoms. The van der Waals surface area contributed by atoms with Gasteiger partial charge in [-0.2, -0.15) is 0 Å². The number of pyridine rings is 1. The Morgan fingerprint density at radius 2 is 1.77 bits per heavy atom. The van der Waals surface area contributed by atoms with E-state index in [0.29, 0.717) is 17.9 Å². The Labute approximate surface area is 249 Å². The van der Waals surface area contributed by atoms with Gasteiger partial charge < -0.3 is 24.5 Å². The van der Waals surface area contributed by atoms with Gasteiger partial charge in [0.2, 0.25) is 0 Å². The van der Waals surface area contributed by atoms with Gasteiger partial charge in [-0.15, -0.1) is 0 Å². The van der Waals surface area contributed by atoms with Gasteiger partial charge in [-0.3, -0.25) is 4.79 Å². The van der Waals surface area contributed by atoms with E-state index in [1.807, 2.05) is 62.4 Å². The molecule has 3 heterocycles. The summed E-state index contributed by atoms with van der Waals surface area (Å²) in [6, 6.07) is 25.0. The number of nitrogens with one attached hydrogen (secondary N) is 1. The summed E-state index contributed by atoms with van der Waals surface area (Å²) in [5, 5.41) is 13.1. The quantitative estimate of drug-likeness (QED) is 0.201. The van der Waals surface area contributed by atoms with Gasteiger partial charge >= 0.3 is 5.97 Å². The highest BCUT2D eigenvalue weighted by Crippen LogP contribution is 2.31. The number of aryl methyl sites for hydroxylation is 2. The number of anilines is 2. The second-order valence-electron chi connectivity index (χ2n) is 10.9. The Kier molecular flexibility index (Phi) is 7.94. The molecule has 43 heavy (non-hydrogen) atoms. The van der Waals surface area contributed by atoms with Crippen LogP contribution >= 0.6 is 0 Å². The fourth-order valence-electron chi connectivity index (χ4n) is 5.50. The fourth-order valence-corrected chi connectivity index (χ4v) is 5.50. The molecular weight excluding hydrogens is 542 g/mol. The van der Waals surface area contributed by atoms with Crippen molar-refractivity contribution in [3.8, 4) is 11.1 Å². The number of nitrogens with zero attached hydrogens (tertiary/aromatic N) is 2. The van der Waals surface area contributed by atoms with Gasteiger partial charge in [0.05, 0.1) is 30.2 Å². The average Bonchev–Trinajstić information content (AvgIpc) is 3.37. The number of furan rings is 1. The van der Waals surface area contributed by atoms with Crippen LogP contribution in [0, 0.1) is 13.8 Å². The zero-order valence-electron chi connectivity index (χ0n) is 24.2. The van der Waals surface area contributed by atoms with Crippen molar-refractivity contribution in [3.63, 3.8) is 0 Å². The number of carboxylic acid groups (broad SMARTS) is 1. The molecule has 0 bridgehead atoms. The molecule has 218 valence electrons. The summed E-state index contributed by atoms with van der Waals surface area (Å²) < 4.78 is 12.1. The van der Waals surface area contributed by atoms with Crippen LogP contribution in [0.25, 0.3) is 22.1 Å². The van der Waals surface area contributed by atoms with Crippen molar-refractivity contribution in [2.45, 2.75) is 39.4 Å². The number of amides is 1. The number of piperidine rings is 1. The Morgan fingerprint density at radius 1 is 0.977 bits per heavy atom. The lowest BCUT2D eigenvalue weighted by atomic mass is 10.0. The van der Waals surface area contributed by atoms with E-state index >= 15 is 0 Å². The second-order valence-corrected chi connectivity index (χ2v) is 10.9. The molecular formula is C35H33N3O5. The molecule has 5 aromatic rings. The standard InChI is InChI=1S/C35H33N3O5/c1-22-8-9-26(35(40)41)18-27(22)21-42-29-14-16-38(17-15-29)32-13-11-28(20-36-32)37-34(39)33-23(2)30-19-25(10-12-31(30)43-33)24-6-4-3-5-7-24/h3-13,18-20,29H,14-17,21H2,1-2H3,(H,37,39)(H,40,41). The van der Waals surface area contributed by atoms with Crippen molar-refractivity contribution in [2.75, 3.05) is 23.3 Å². The van der Waals surface area contributed by atoms with E-state index in [1.54, 1.807) is 18.3 Å². The highest BCUT2D eigenvalue weighted by Gasteiger charge is 2.22. The molecule has 1 aliphatic heterocycles. The van der Waals surface area contributed by atoms with E-state index < -0.39 is 5.97 Å². The summed E-state index contributed by atoms with van der Waals surface area (Å²) in [6.45, 7) is 5.84. The number of fused-ring (bicyclic) bond motifs is 1. The predicted octanol–water partition coefficient (Wildman–Crippen LogP) is 7.25. The summed E-state index contributed by atoms with van der Waals surface area (Å²) in [7, 11) is 0. The van der Waals surface area contributed by atoms with E-state index in [-0.39, 0.29) is 23.3 Å². The first-order chi connectivity index (χ1) is 20.9. The SMILES string of the molecule is Cc1ccc(C(=O)O)cc1COC1CCN(c2ccc(NC(=O)c3oc4ccc(-c5ccccc5)cc4c3C)cn2)CC1. The zero-order valence-corrected chi connectivity index (χ0v) is 24.2. The van der Waals surface area contributed by atoms with Crippen molar-refractivity contribution < 1.29 is 23.8 Å². The number of aromatic nitrogens is 1. The molecule has 8 nitrogen and oxygen atoms in total. The molecule has 1 amide bonds. The molecule has 1 fully saturated rings. The van der Waals surface area contributed by atoms with Crippen LogP contribution in [0.4, 0.5) is 11.5 Å². The molecule has 0 unspecified atom stereocenters. The second kappa shape index (κ2) is 12.1. The van der Waals surface area contributed by atoms with E-state index in [1.165, 1.54) is 0 Å². The lowest BCUT2D eigenvalue weighted by molar-refractivity contribution is 0.0248. The third-order valence-electron chi connectivity index (χ3n) is 8.09. The Morgan fingerprint density at radius 3 is 2.49 bits per heavy atom. The van der Waals surface area contributed by atoms with Crippen LogP contribution in [0.3, 0.4) is 0 Å². The molecule has 0 radical (unpaired) electrons. The zero-order chi connectivity index (χ0) is 29.9. The Balaban J connectivity index is 1.04.